The summed E-state index contributed by atoms with van der Waals surface area (Å²) in [4.78, 5) is 0. The normalized spacial score (nSPS) is 17.8. The molecule has 24 heavy (non-hydrogen) atoms. The molecule has 2 N–H and O–H groups in total. The van der Waals surface area contributed by atoms with Crippen LogP contribution in [0.4, 0.5) is 0 Å². The number of hydrogen-bond acceptors (Lipinski definition) is 4. The van der Waals surface area contributed by atoms with Crippen LogP contribution >= 0.6 is 0 Å². The largest absolute Gasteiger partial charge is 0.508 e. The maximum absolute atomic E-state index is 10.5. The van der Waals surface area contributed by atoms with Gasteiger partial charge in [-0.1, -0.05) is 0 Å². The van der Waals surface area contributed by atoms with Gasteiger partial charge >= 0.3 is 0 Å². The van der Waals surface area contributed by atoms with Crippen molar-refractivity contribution in [2.24, 2.45) is 0 Å². The van der Waals surface area contributed by atoms with E-state index < -0.39 is 0 Å². The molecule has 4 rings (SSSR count). The summed E-state index contributed by atoms with van der Waals surface area (Å²) in [7, 11) is 0. The van der Waals surface area contributed by atoms with E-state index in [1.54, 1.807) is 18.2 Å². The van der Waals surface area contributed by atoms with Gasteiger partial charge in [-0.25, -0.2) is 0 Å². The van der Waals surface area contributed by atoms with Crippen molar-refractivity contribution in [1.82, 2.24) is 0 Å². The quantitative estimate of drug-likeness (QED) is 0.828. The van der Waals surface area contributed by atoms with Crippen molar-refractivity contribution < 1.29 is 19.7 Å². The first kappa shape index (κ1) is 14.9. The Hall–Kier alpha value is -2.62. The van der Waals surface area contributed by atoms with Crippen LogP contribution in [0.3, 0.4) is 0 Å². The molecule has 0 atom stereocenters. The van der Waals surface area contributed by atoms with Crippen LogP contribution in [-0.2, 0) is 6.42 Å². The molecule has 124 valence electrons. The summed E-state index contributed by atoms with van der Waals surface area (Å²) in [5, 5.41) is 20.0. The summed E-state index contributed by atoms with van der Waals surface area (Å²) >= 11 is 0. The highest BCUT2D eigenvalue weighted by Crippen LogP contribution is 2.41. The summed E-state index contributed by atoms with van der Waals surface area (Å²) in [6, 6.07) is 8.75. The van der Waals surface area contributed by atoms with E-state index in [1.165, 1.54) is 0 Å². The van der Waals surface area contributed by atoms with Crippen LogP contribution in [0.1, 0.15) is 37.0 Å². The highest BCUT2D eigenvalue weighted by Gasteiger charge is 2.28. The lowest BCUT2D eigenvalue weighted by Gasteiger charge is -2.33. The molecule has 0 saturated carbocycles. The summed E-state index contributed by atoms with van der Waals surface area (Å²) in [6.45, 7) is 4.48. The summed E-state index contributed by atoms with van der Waals surface area (Å²) in [5.74, 6) is 1.79. The van der Waals surface area contributed by atoms with Crippen molar-refractivity contribution in [3.05, 3.63) is 47.0 Å². The minimum atomic E-state index is -0.199. The Kier molecular flexibility index (Phi) is 3.23. The molecule has 2 aliphatic heterocycles. The fourth-order valence-corrected chi connectivity index (χ4v) is 3.25. The summed E-state index contributed by atoms with van der Waals surface area (Å²) in [6.07, 6.45) is 3.86. The van der Waals surface area contributed by atoms with Gasteiger partial charge in [-0.3, -0.25) is 0 Å². The predicted molar refractivity (Wildman–Crippen MR) is 92.6 cm³/mol. The number of fused-ring (bicyclic) bond motifs is 2. The molecular weight excluding hydrogens is 304 g/mol. The zero-order chi connectivity index (χ0) is 16.9. The minimum absolute atomic E-state index is 0.182. The van der Waals surface area contributed by atoms with Gasteiger partial charge in [0.25, 0.3) is 0 Å². The van der Waals surface area contributed by atoms with Gasteiger partial charge in [0, 0.05) is 28.8 Å². The van der Waals surface area contributed by atoms with E-state index in [1.807, 2.05) is 18.2 Å². The van der Waals surface area contributed by atoms with Gasteiger partial charge < -0.3 is 19.7 Å². The molecule has 4 heteroatoms. The van der Waals surface area contributed by atoms with Gasteiger partial charge in [0.1, 0.15) is 35.2 Å². The van der Waals surface area contributed by atoms with Gasteiger partial charge in [0.2, 0.25) is 0 Å². The lowest BCUT2D eigenvalue weighted by molar-refractivity contribution is 0.0843. The third-order valence-electron chi connectivity index (χ3n) is 4.62. The third-order valence-corrected chi connectivity index (χ3v) is 4.62. The lowest BCUT2D eigenvalue weighted by atomic mass is 9.91. The van der Waals surface area contributed by atoms with Crippen molar-refractivity contribution >= 4 is 11.6 Å². The number of phenolic OH excluding ortho intramolecular Hbond substituents is 2. The Morgan fingerprint density at radius 1 is 1.04 bits per heavy atom. The number of aryl methyl sites for hydroxylation is 1. The molecule has 0 unspecified atom stereocenters. The molecule has 2 aliphatic rings. The highest BCUT2D eigenvalue weighted by atomic mass is 16.5. The van der Waals surface area contributed by atoms with E-state index in [2.05, 4.69) is 13.8 Å². The van der Waals surface area contributed by atoms with Crippen LogP contribution in [0.15, 0.2) is 30.3 Å². The second-order valence-corrected chi connectivity index (χ2v) is 7.02. The Bertz CT molecular complexity index is 849. The molecule has 0 aliphatic carbocycles. The van der Waals surface area contributed by atoms with Crippen molar-refractivity contribution in [1.29, 1.82) is 0 Å². The van der Waals surface area contributed by atoms with Crippen molar-refractivity contribution in [3.63, 3.8) is 0 Å². The van der Waals surface area contributed by atoms with E-state index in [-0.39, 0.29) is 17.1 Å². The number of benzene rings is 2. The molecule has 0 spiro atoms. The monoisotopic (exact) mass is 324 g/mol. The average Bonchev–Trinajstić information content (AvgIpc) is 2.53. The minimum Gasteiger partial charge on any atom is -0.508 e. The first-order valence-corrected chi connectivity index (χ1v) is 8.13. The van der Waals surface area contributed by atoms with E-state index in [0.717, 1.165) is 40.9 Å². The Balaban J connectivity index is 1.74. The van der Waals surface area contributed by atoms with E-state index in [0.29, 0.717) is 12.4 Å². The molecule has 0 amide bonds. The zero-order valence-electron chi connectivity index (χ0n) is 13.8. The number of rotatable bonds is 1. The van der Waals surface area contributed by atoms with Crippen LogP contribution < -0.4 is 9.47 Å². The molecule has 0 bridgehead atoms. The third kappa shape index (κ3) is 2.58. The predicted octanol–water partition coefficient (Wildman–Crippen LogP) is 4.13. The SMILES string of the molecule is CC1(C)CCc2cc(C3=Cc4ccc(O)cc4OC3)c(O)cc2O1. The fraction of sp³-hybridized carbons (Fsp3) is 0.300. The maximum Gasteiger partial charge on any atom is 0.130 e. The van der Waals surface area contributed by atoms with Crippen molar-refractivity contribution in [3.8, 4) is 23.0 Å². The molecule has 4 nitrogen and oxygen atoms in total. The van der Waals surface area contributed by atoms with Gasteiger partial charge in [-0.2, -0.15) is 0 Å². The Labute approximate surface area is 141 Å². The van der Waals surface area contributed by atoms with Crippen LogP contribution in [0.2, 0.25) is 0 Å². The second kappa shape index (κ2) is 5.20. The van der Waals surface area contributed by atoms with Gasteiger partial charge in [0.15, 0.2) is 0 Å². The van der Waals surface area contributed by atoms with Gasteiger partial charge in [0.05, 0.1) is 0 Å². The lowest BCUT2D eigenvalue weighted by Crippen LogP contribution is -2.32. The Morgan fingerprint density at radius 3 is 2.71 bits per heavy atom. The zero-order valence-corrected chi connectivity index (χ0v) is 13.8. The van der Waals surface area contributed by atoms with Crippen LogP contribution in [-0.4, -0.2) is 22.4 Å². The molecule has 2 heterocycles. The number of aromatic hydroxyl groups is 2. The number of phenols is 2. The first-order valence-electron chi connectivity index (χ1n) is 8.13. The number of ether oxygens (including phenoxy) is 2. The second-order valence-electron chi connectivity index (χ2n) is 7.02. The summed E-state index contributed by atoms with van der Waals surface area (Å²) in [5.41, 5.74) is 3.49. The molecule has 2 aromatic carbocycles. The van der Waals surface area contributed by atoms with Crippen LogP contribution in [0.5, 0.6) is 23.0 Å². The standard InChI is InChI=1S/C20H20O4/c1-20(2)6-5-13-8-16(17(22)10-19(13)24-20)14-7-12-3-4-15(21)9-18(12)23-11-14/h3-4,7-10,21-22H,5-6,11H2,1-2H3. The maximum atomic E-state index is 10.5. The van der Waals surface area contributed by atoms with E-state index in [9.17, 15) is 10.2 Å². The van der Waals surface area contributed by atoms with Crippen molar-refractivity contribution in [2.75, 3.05) is 6.61 Å². The van der Waals surface area contributed by atoms with Crippen LogP contribution in [0, 0.1) is 0 Å². The molecule has 0 fully saturated rings. The highest BCUT2D eigenvalue weighted by molar-refractivity contribution is 5.88. The van der Waals surface area contributed by atoms with Crippen molar-refractivity contribution in [2.45, 2.75) is 32.3 Å². The van der Waals surface area contributed by atoms with Crippen LogP contribution in [0.25, 0.3) is 11.6 Å². The van der Waals surface area contributed by atoms with E-state index >= 15 is 0 Å². The first-order chi connectivity index (χ1) is 11.4. The molecular formula is C20H20O4. The topological polar surface area (TPSA) is 58.9 Å². The smallest absolute Gasteiger partial charge is 0.130 e. The molecule has 2 aromatic rings. The molecule has 0 saturated heterocycles. The molecule has 0 aromatic heterocycles. The number of hydrogen-bond donors (Lipinski definition) is 2. The Morgan fingerprint density at radius 2 is 1.88 bits per heavy atom. The van der Waals surface area contributed by atoms with E-state index in [4.69, 9.17) is 9.47 Å². The fourth-order valence-electron chi connectivity index (χ4n) is 3.25. The summed E-state index contributed by atoms with van der Waals surface area (Å²) < 4.78 is 11.7. The molecule has 0 radical (unpaired) electrons. The average molecular weight is 324 g/mol. The van der Waals surface area contributed by atoms with Gasteiger partial charge in [-0.05, 0) is 56.5 Å². The van der Waals surface area contributed by atoms with Gasteiger partial charge in [-0.15, -0.1) is 0 Å².